The summed E-state index contributed by atoms with van der Waals surface area (Å²) in [6.07, 6.45) is 4.20. The van der Waals surface area contributed by atoms with Crippen molar-refractivity contribution in [3.63, 3.8) is 0 Å². The molecule has 0 amide bonds. The molecule has 0 saturated heterocycles. The number of benzene rings is 2. The summed E-state index contributed by atoms with van der Waals surface area (Å²) >= 11 is 0. The van der Waals surface area contributed by atoms with Crippen LogP contribution in [0.3, 0.4) is 0 Å². The number of fused-ring (bicyclic) bond motifs is 2. The number of nitrogens with one attached hydrogen (secondary N) is 1. The van der Waals surface area contributed by atoms with Crippen LogP contribution in [0.1, 0.15) is 11.1 Å². The Morgan fingerprint density at radius 3 is 2.73 bits per heavy atom. The summed E-state index contributed by atoms with van der Waals surface area (Å²) in [7, 11) is 2.12. The summed E-state index contributed by atoms with van der Waals surface area (Å²) in [5.41, 5.74) is 11.1. The first-order valence-corrected chi connectivity index (χ1v) is 8.04. The molecule has 0 unspecified atom stereocenters. The van der Waals surface area contributed by atoms with Gasteiger partial charge in [-0.15, -0.1) is 5.69 Å². The summed E-state index contributed by atoms with van der Waals surface area (Å²) in [4.78, 5) is 16.4. The quantitative estimate of drug-likeness (QED) is 0.323. The monoisotopic (exact) mass is 562 g/mol. The number of nitrogens with zero attached hydrogens (tertiary/aromatic N) is 3. The summed E-state index contributed by atoms with van der Waals surface area (Å²) in [5.74, 6) is 0. The number of aromatic nitrogens is 1. The molecule has 0 fully saturated rings. The number of pyridine rings is 1. The van der Waals surface area contributed by atoms with Crippen LogP contribution < -0.4 is 0 Å². The third kappa shape index (κ3) is 4.79. The third-order valence-electron chi connectivity index (χ3n) is 4.31. The van der Waals surface area contributed by atoms with Crippen LogP contribution in [0.4, 0.5) is 11.4 Å². The molecule has 6 nitrogen and oxygen atoms in total. The van der Waals surface area contributed by atoms with E-state index in [4.69, 9.17) is 5.73 Å². The minimum Gasteiger partial charge on any atom is -0.698 e. The van der Waals surface area contributed by atoms with Gasteiger partial charge in [0.2, 0.25) is 0 Å². The molecule has 0 spiro atoms. The Kier molecular flexibility index (Phi) is 7.51. The molecular formula is C19H19AcN4O2-. The van der Waals surface area contributed by atoms with Gasteiger partial charge in [-0.3, -0.25) is 15.1 Å². The Balaban J connectivity index is 0.000000180. The Morgan fingerprint density at radius 1 is 1.19 bits per heavy atom. The van der Waals surface area contributed by atoms with Crippen molar-refractivity contribution in [2.24, 2.45) is 0 Å². The fourth-order valence-corrected chi connectivity index (χ4v) is 3.02. The van der Waals surface area contributed by atoms with Gasteiger partial charge < -0.3 is 10.6 Å². The van der Waals surface area contributed by atoms with Gasteiger partial charge in [0.05, 0.1) is 10.3 Å². The molecule has 0 saturated carbocycles. The van der Waals surface area contributed by atoms with Crippen molar-refractivity contribution in [1.29, 1.82) is 0 Å². The molecule has 131 valence electrons. The summed E-state index contributed by atoms with van der Waals surface area (Å²) in [5, 5.41) is 12.0. The average molecular weight is 562 g/mol. The number of nitro groups is 1. The van der Waals surface area contributed by atoms with E-state index in [9.17, 15) is 10.1 Å². The van der Waals surface area contributed by atoms with E-state index in [2.05, 4.69) is 23.0 Å². The molecule has 26 heavy (non-hydrogen) atoms. The number of non-ortho nitro benzene ring substituents is 1. The van der Waals surface area contributed by atoms with Gasteiger partial charge in [0, 0.05) is 81.0 Å². The number of likely N-dealkylation sites (N-methyl/N-ethyl adjacent to an activating group) is 1. The molecule has 4 rings (SSSR count). The maximum absolute atomic E-state index is 10.6. The normalized spacial score (nSPS) is 13.1. The molecule has 0 bridgehead atoms. The molecule has 3 aromatic rings. The summed E-state index contributed by atoms with van der Waals surface area (Å²) in [6, 6.07) is 12.6. The SMILES string of the molecule is CN1CCc2c([NH-])cccc2C1.O=[N+]([O-])c1cccc2cnccc12.[Ac]. The Labute approximate surface area is 188 Å². The van der Waals surface area contributed by atoms with Gasteiger partial charge in [0.25, 0.3) is 5.69 Å². The largest absolute Gasteiger partial charge is 0.698 e. The molecule has 7 heteroatoms. The maximum atomic E-state index is 10.6. The van der Waals surface area contributed by atoms with Gasteiger partial charge in [-0.1, -0.05) is 35.9 Å². The molecule has 1 aliphatic rings. The first kappa shape index (κ1) is 20.8. The van der Waals surface area contributed by atoms with E-state index >= 15 is 0 Å². The Hall–Kier alpha value is -1.55. The van der Waals surface area contributed by atoms with Crippen LogP contribution >= 0.6 is 0 Å². The standard InChI is InChI=1S/C10H13N2.C9H6N2O2.Ac/c1-12-6-5-9-8(7-12)3-2-4-10(9)11;12-11(13)9-3-1-2-7-6-10-5-4-8(7)9;/h2-4,11H,5-7H2,1H3;1-6H;/q-1;;. The van der Waals surface area contributed by atoms with E-state index in [-0.39, 0.29) is 54.7 Å². The predicted octanol–water partition coefficient (Wildman–Crippen LogP) is 4.50. The van der Waals surface area contributed by atoms with Crippen molar-refractivity contribution in [2.75, 3.05) is 13.6 Å². The molecule has 0 atom stereocenters. The third-order valence-corrected chi connectivity index (χ3v) is 4.31. The van der Waals surface area contributed by atoms with E-state index in [0.29, 0.717) is 11.1 Å². The van der Waals surface area contributed by atoms with Gasteiger partial charge in [0.15, 0.2) is 0 Å². The first-order valence-electron chi connectivity index (χ1n) is 8.04. The summed E-state index contributed by atoms with van der Waals surface area (Å²) in [6.45, 7) is 2.09. The molecule has 1 aromatic heterocycles. The number of hydrogen-bond acceptors (Lipinski definition) is 4. The van der Waals surface area contributed by atoms with Crippen molar-refractivity contribution >= 4 is 22.1 Å². The number of hydrogen-bond donors (Lipinski definition) is 0. The molecule has 1 radical (unpaired) electrons. The molecule has 0 aliphatic carbocycles. The second-order valence-electron chi connectivity index (χ2n) is 6.06. The molecule has 1 N–H and O–H groups in total. The minimum atomic E-state index is -0.387. The Morgan fingerprint density at radius 2 is 1.96 bits per heavy atom. The average Bonchev–Trinajstić information content (AvgIpc) is 2.61. The van der Waals surface area contributed by atoms with Gasteiger partial charge in [-0.25, -0.2) is 0 Å². The number of nitro benzene ring substituents is 1. The van der Waals surface area contributed by atoms with E-state index in [1.54, 1.807) is 30.6 Å². The first-order chi connectivity index (χ1) is 12.1. The van der Waals surface area contributed by atoms with Crippen LogP contribution in [0.5, 0.6) is 0 Å². The van der Waals surface area contributed by atoms with E-state index in [1.807, 2.05) is 12.1 Å². The fraction of sp³-hybridized carbons (Fsp3) is 0.211. The van der Waals surface area contributed by atoms with Crippen molar-refractivity contribution in [2.45, 2.75) is 13.0 Å². The van der Waals surface area contributed by atoms with Crippen molar-refractivity contribution in [1.82, 2.24) is 9.88 Å². The predicted molar refractivity (Wildman–Crippen MR) is 98.9 cm³/mol. The van der Waals surface area contributed by atoms with Gasteiger partial charge in [-0.2, -0.15) is 0 Å². The van der Waals surface area contributed by atoms with Crippen LogP contribution in [0, 0.1) is 54.2 Å². The topological polar surface area (TPSA) is 83.1 Å². The van der Waals surface area contributed by atoms with Crippen LogP contribution in [-0.2, 0) is 13.0 Å². The van der Waals surface area contributed by atoms with E-state index in [0.717, 1.165) is 24.9 Å². The van der Waals surface area contributed by atoms with Crippen LogP contribution in [0.15, 0.2) is 54.9 Å². The molecular weight excluding hydrogens is 543 g/mol. The van der Waals surface area contributed by atoms with Crippen LogP contribution in [-0.4, -0.2) is 28.4 Å². The van der Waals surface area contributed by atoms with Gasteiger partial charge >= 0.3 is 0 Å². The zero-order valence-electron chi connectivity index (χ0n) is 14.6. The second-order valence-corrected chi connectivity index (χ2v) is 6.06. The molecule has 1 aliphatic heterocycles. The van der Waals surface area contributed by atoms with Crippen LogP contribution in [0.25, 0.3) is 16.5 Å². The minimum absolute atomic E-state index is 0. The maximum Gasteiger partial charge on any atom is 0.277 e. The fourth-order valence-electron chi connectivity index (χ4n) is 3.02. The van der Waals surface area contributed by atoms with E-state index in [1.165, 1.54) is 17.2 Å². The molecule has 2 heterocycles. The van der Waals surface area contributed by atoms with Crippen LogP contribution in [0.2, 0.25) is 0 Å². The van der Waals surface area contributed by atoms with Gasteiger partial charge in [-0.05, 0) is 25.1 Å². The van der Waals surface area contributed by atoms with Crippen molar-refractivity contribution in [3.8, 4) is 0 Å². The number of rotatable bonds is 1. The smallest absolute Gasteiger partial charge is 0.277 e. The van der Waals surface area contributed by atoms with Gasteiger partial charge in [0.1, 0.15) is 0 Å². The zero-order chi connectivity index (χ0) is 17.8. The Bertz CT molecular complexity index is 912. The second kappa shape index (κ2) is 9.41. The molecule has 2 aromatic carbocycles. The van der Waals surface area contributed by atoms with Crippen molar-refractivity contribution < 1.29 is 49.0 Å². The van der Waals surface area contributed by atoms with E-state index < -0.39 is 0 Å². The van der Waals surface area contributed by atoms with Crippen molar-refractivity contribution in [3.05, 3.63) is 81.8 Å². The zero-order valence-corrected chi connectivity index (χ0v) is 19.3. The summed E-state index contributed by atoms with van der Waals surface area (Å²) < 4.78 is 0.